The van der Waals surface area contributed by atoms with Gasteiger partial charge in [0.1, 0.15) is 5.75 Å². The van der Waals surface area contributed by atoms with Crippen molar-refractivity contribution in [1.29, 1.82) is 0 Å². The van der Waals surface area contributed by atoms with E-state index in [1.54, 1.807) is 31.2 Å². The second-order valence-electron chi connectivity index (χ2n) is 6.47. The molecule has 0 unspecified atom stereocenters. The quantitative estimate of drug-likeness (QED) is 0.793. The summed E-state index contributed by atoms with van der Waals surface area (Å²) in [6.07, 6.45) is 5.64. The Bertz CT molecular complexity index is 720. The number of fused-ring (bicyclic) bond motifs is 2. The molecule has 0 amide bonds. The maximum Gasteiger partial charge on any atom is 0.164 e. The van der Waals surface area contributed by atoms with Crippen LogP contribution in [0.1, 0.15) is 41.8 Å². The number of phenols is 1. The van der Waals surface area contributed by atoms with Crippen LogP contribution in [0.5, 0.6) is 5.75 Å². The average Bonchev–Trinajstić information content (AvgIpc) is 2.54. The summed E-state index contributed by atoms with van der Waals surface area (Å²) >= 11 is 0. The molecule has 1 aromatic rings. The summed E-state index contributed by atoms with van der Waals surface area (Å²) in [5, 5.41) is 9.88. The summed E-state index contributed by atoms with van der Waals surface area (Å²) in [7, 11) is 0. The molecule has 0 spiro atoms. The third-order valence-corrected chi connectivity index (χ3v) is 4.72. The number of carbonyl (C=O) groups is 2. The summed E-state index contributed by atoms with van der Waals surface area (Å²) in [4.78, 5) is 24.7. The molecule has 2 aliphatic carbocycles. The molecule has 1 aromatic carbocycles. The van der Waals surface area contributed by atoms with E-state index in [2.05, 4.69) is 0 Å². The highest BCUT2D eigenvalue weighted by Gasteiger charge is 2.41. The number of phenolic OH excluding ortho intramolecular Hbond substituents is 1. The number of hydrogen-bond acceptors (Lipinski definition) is 3. The predicted octanol–water partition coefficient (Wildman–Crippen LogP) is 3.45. The molecular formula is C18H18O3. The van der Waals surface area contributed by atoms with Gasteiger partial charge in [-0.05, 0) is 41.8 Å². The van der Waals surface area contributed by atoms with E-state index in [-0.39, 0.29) is 23.2 Å². The lowest BCUT2D eigenvalue weighted by Gasteiger charge is -2.35. The Morgan fingerprint density at radius 3 is 2.62 bits per heavy atom. The number of aromatic hydroxyl groups is 1. The van der Waals surface area contributed by atoms with Crippen LogP contribution in [0, 0.1) is 18.3 Å². The van der Waals surface area contributed by atoms with Crippen LogP contribution in [0.2, 0.25) is 0 Å². The molecule has 0 heterocycles. The van der Waals surface area contributed by atoms with E-state index in [0.717, 1.165) is 11.1 Å². The first-order valence-corrected chi connectivity index (χ1v) is 7.11. The number of carbonyl (C=O) groups excluding carboxylic acids is 2. The van der Waals surface area contributed by atoms with Crippen LogP contribution in [0.3, 0.4) is 0 Å². The Morgan fingerprint density at radius 1 is 1.19 bits per heavy atom. The second kappa shape index (κ2) is 4.42. The zero-order valence-corrected chi connectivity index (χ0v) is 12.4. The van der Waals surface area contributed by atoms with Gasteiger partial charge in [-0.25, -0.2) is 0 Å². The van der Waals surface area contributed by atoms with Gasteiger partial charge in [0, 0.05) is 23.3 Å². The van der Waals surface area contributed by atoms with Gasteiger partial charge < -0.3 is 5.11 Å². The Balaban J connectivity index is 2.21. The van der Waals surface area contributed by atoms with Crippen molar-refractivity contribution >= 4 is 17.6 Å². The monoisotopic (exact) mass is 282 g/mol. The van der Waals surface area contributed by atoms with Gasteiger partial charge in [0.25, 0.3) is 0 Å². The minimum absolute atomic E-state index is 0.0283. The van der Waals surface area contributed by atoms with Gasteiger partial charge in [-0.1, -0.05) is 26.0 Å². The van der Waals surface area contributed by atoms with Gasteiger partial charge in [0.15, 0.2) is 11.6 Å². The van der Waals surface area contributed by atoms with Crippen molar-refractivity contribution in [3.8, 4) is 5.75 Å². The number of ketones is 2. The van der Waals surface area contributed by atoms with E-state index in [9.17, 15) is 14.7 Å². The van der Waals surface area contributed by atoms with Gasteiger partial charge in [0.2, 0.25) is 0 Å². The maximum absolute atomic E-state index is 12.6. The molecule has 3 rings (SSSR count). The van der Waals surface area contributed by atoms with Gasteiger partial charge in [-0.3, -0.25) is 9.59 Å². The second-order valence-corrected chi connectivity index (χ2v) is 6.47. The van der Waals surface area contributed by atoms with E-state index in [4.69, 9.17) is 0 Å². The number of hydrogen-bond donors (Lipinski definition) is 1. The molecule has 21 heavy (non-hydrogen) atoms. The van der Waals surface area contributed by atoms with Crippen molar-refractivity contribution in [2.75, 3.05) is 0 Å². The van der Waals surface area contributed by atoms with Crippen LogP contribution < -0.4 is 0 Å². The highest BCUT2D eigenvalue weighted by atomic mass is 16.3. The third-order valence-electron chi connectivity index (χ3n) is 4.72. The number of rotatable bonds is 0. The van der Waals surface area contributed by atoms with Gasteiger partial charge in [-0.15, -0.1) is 0 Å². The van der Waals surface area contributed by atoms with Crippen molar-refractivity contribution < 1.29 is 14.7 Å². The molecule has 0 fully saturated rings. The smallest absolute Gasteiger partial charge is 0.164 e. The molecule has 0 radical (unpaired) electrons. The molecule has 3 heteroatoms. The van der Waals surface area contributed by atoms with E-state index in [1.807, 2.05) is 19.9 Å². The third kappa shape index (κ3) is 2.04. The molecule has 0 saturated heterocycles. The lowest BCUT2D eigenvalue weighted by Crippen LogP contribution is -2.36. The van der Waals surface area contributed by atoms with Crippen LogP contribution in [0.25, 0.3) is 6.08 Å². The predicted molar refractivity (Wildman–Crippen MR) is 81.2 cm³/mol. The first-order chi connectivity index (χ1) is 9.80. The first kappa shape index (κ1) is 13.8. The van der Waals surface area contributed by atoms with Crippen LogP contribution in [-0.2, 0) is 4.79 Å². The zero-order chi connectivity index (χ0) is 15.4. The van der Waals surface area contributed by atoms with E-state index >= 15 is 0 Å². The Morgan fingerprint density at radius 2 is 1.90 bits per heavy atom. The van der Waals surface area contributed by atoms with Crippen molar-refractivity contribution in [2.45, 2.75) is 27.2 Å². The summed E-state index contributed by atoms with van der Waals surface area (Å²) < 4.78 is 0. The zero-order valence-electron chi connectivity index (χ0n) is 12.4. The van der Waals surface area contributed by atoms with Gasteiger partial charge in [-0.2, -0.15) is 0 Å². The van der Waals surface area contributed by atoms with Crippen molar-refractivity contribution in [3.05, 3.63) is 46.5 Å². The number of benzene rings is 1. The fourth-order valence-electron chi connectivity index (χ4n) is 3.16. The highest BCUT2D eigenvalue weighted by Crippen LogP contribution is 2.44. The Kier molecular flexibility index (Phi) is 2.90. The van der Waals surface area contributed by atoms with Crippen LogP contribution >= 0.6 is 0 Å². The summed E-state index contributed by atoms with van der Waals surface area (Å²) in [6, 6.07) is 3.37. The number of allylic oxidation sites excluding steroid dienone is 3. The Hall–Kier alpha value is -2.16. The van der Waals surface area contributed by atoms with Crippen LogP contribution in [-0.4, -0.2) is 16.7 Å². The molecule has 0 bridgehead atoms. The van der Waals surface area contributed by atoms with Crippen molar-refractivity contribution in [2.24, 2.45) is 11.3 Å². The molecule has 1 atom stereocenters. The summed E-state index contributed by atoms with van der Waals surface area (Å²) in [5.41, 5.74) is 2.46. The SMILES string of the molecule is Cc1cc2c(cc1O)C=C1C=CC(=O)C(C)(C)[C@@H]1CC2=O. The molecule has 0 aliphatic heterocycles. The fraction of sp³-hybridized carbons (Fsp3) is 0.333. The molecule has 0 saturated carbocycles. The van der Waals surface area contributed by atoms with Crippen molar-refractivity contribution in [3.63, 3.8) is 0 Å². The maximum atomic E-state index is 12.6. The van der Waals surface area contributed by atoms with Crippen LogP contribution in [0.4, 0.5) is 0 Å². The number of aryl methyl sites for hydroxylation is 1. The van der Waals surface area contributed by atoms with E-state index in [1.165, 1.54) is 0 Å². The van der Waals surface area contributed by atoms with Crippen LogP contribution in [0.15, 0.2) is 29.9 Å². The first-order valence-electron chi connectivity index (χ1n) is 7.11. The molecule has 1 N–H and O–H groups in total. The molecule has 108 valence electrons. The lowest BCUT2D eigenvalue weighted by molar-refractivity contribution is -0.124. The fourth-order valence-corrected chi connectivity index (χ4v) is 3.16. The van der Waals surface area contributed by atoms with E-state index in [0.29, 0.717) is 17.5 Å². The standard InChI is InChI=1S/C18H18O3/c1-10-6-13-12(8-15(10)19)7-11-4-5-17(21)18(2,3)14(11)9-16(13)20/h4-8,14,19H,9H2,1-3H3/t14-/m1/s1. The van der Waals surface area contributed by atoms with Gasteiger partial charge in [0.05, 0.1) is 0 Å². The minimum Gasteiger partial charge on any atom is -0.508 e. The molecule has 2 aliphatic rings. The summed E-state index contributed by atoms with van der Waals surface area (Å²) in [5.74, 6) is 0.160. The largest absolute Gasteiger partial charge is 0.508 e. The average molecular weight is 282 g/mol. The number of Topliss-reactive ketones (excluding diaryl/α,β-unsaturated/α-hetero) is 1. The molecule has 0 aromatic heterocycles. The minimum atomic E-state index is -0.574. The topological polar surface area (TPSA) is 54.4 Å². The summed E-state index contributed by atoms with van der Waals surface area (Å²) in [6.45, 7) is 5.56. The van der Waals surface area contributed by atoms with E-state index < -0.39 is 5.41 Å². The lowest BCUT2D eigenvalue weighted by atomic mass is 9.67. The van der Waals surface area contributed by atoms with Gasteiger partial charge >= 0.3 is 0 Å². The van der Waals surface area contributed by atoms with Crippen molar-refractivity contribution in [1.82, 2.24) is 0 Å². The molecular weight excluding hydrogens is 264 g/mol. The molecule has 3 nitrogen and oxygen atoms in total. The normalized spacial score (nSPS) is 23.2. The highest BCUT2D eigenvalue weighted by molar-refractivity contribution is 6.04. The Labute approximate surface area is 124 Å².